The smallest absolute Gasteiger partial charge is 0.293 e. The lowest BCUT2D eigenvalue weighted by molar-refractivity contribution is -0.134. The van der Waals surface area contributed by atoms with Gasteiger partial charge in [-0.2, -0.15) is 0 Å². The molecule has 2 aliphatic heterocycles. The summed E-state index contributed by atoms with van der Waals surface area (Å²) < 4.78 is 4.95. The number of hydrogen-bond donors (Lipinski definition) is 2. The summed E-state index contributed by atoms with van der Waals surface area (Å²) in [5, 5.41) is 12.1. The summed E-state index contributed by atoms with van der Waals surface area (Å²) in [7, 11) is 0. The normalized spacial score (nSPS) is 17.7. The number of carbonyl (C=O) groups excluding carboxylic acids is 4. The van der Waals surface area contributed by atoms with Crippen LogP contribution < -0.4 is 10.6 Å². The molecule has 2 aromatic carbocycles. The van der Waals surface area contributed by atoms with Crippen molar-refractivity contribution in [2.75, 3.05) is 23.7 Å². The molecule has 12 heteroatoms. The van der Waals surface area contributed by atoms with Crippen LogP contribution in [0.5, 0.6) is 0 Å². The van der Waals surface area contributed by atoms with Crippen LogP contribution in [0.1, 0.15) is 30.3 Å². The maximum Gasteiger partial charge on any atom is 0.293 e. The van der Waals surface area contributed by atoms with Gasteiger partial charge in [0.25, 0.3) is 11.8 Å². The molecule has 0 radical (unpaired) electrons. The predicted molar refractivity (Wildman–Crippen MR) is 161 cm³/mol. The fourth-order valence-corrected chi connectivity index (χ4v) is 6.08. The monoisotopic (exact) mass is 596 g/mol. The van der Waals surface area contributed by atoms with Crippen molar-refractivity contribution < 1.29 is 23.7 Å². The van der Waals surface area contributed by atoms with E-state index < -0.39 is 18.0 Å². The van der Waals surface area contributed by atoms with Crippen LogP contribution in [0.25, 0.3) is 21.8 Å². The highest BCUT2D eigenvalue weighted by Crippen LogP contribution is 2.30. The fraction of sp³-hybridized carbons (Fsp3) is 0.226. The molecule has 2 N–H and O–H groups in total. The highest BCUT2D eigenvalue weighted by molar-refractivity contribution is 7.13. The van der Waals surface area contributed by atoms with E-state index in [9.17, 15) is 19.2 Å². The van der Waals surface area contributed by atoms with Crippen LogP contribution in [0.4, 0.5) is 11.4 Å². The summed E-state index contributed by atoms with van der Waals surface area (Å²) in [4.78, 5) is 57.9. The number of thiazole rings is 1. The molecule has 0 spiro atoms. The van der Waals surface area contributed by atoms with Crippen LogP contribution in [0.15, 0.2) is 82.8 Å². The van der Waals surface area contributed by atoms with Gasteiger partial charge in [-0.1, -0.05) is 29.4 Å². The summed E-state index contributed by atoms with van der Waals surface area (Å²) in [5.41, 5.74) is 3.86. The molecule has 2 atom stereocenters. The van der Waals surface area contributed by atoms with Crippen LogP contribution in [-0.2, 0) is 14.4 Å². The molecule has 2 aromatic heterocycles. The van der Waals surface area contributed by atoms with Crippen LogP contribution >= 0.6 is 11.3 Å². The summed E-state index contributed by atoms with van der Waals surface area (Å²) in [5.74, 6) is -0.907. The second-order valence-electron chi connectivity index (χ2n) is 10.2. The molecule has 4 aromatic rings. The average Bonchev–Trinajstić information content (AvgIpc) is 3.84. The van der Waals surface area contributed by atoms with Crippen molar-refractivity contribution in [1.29, 1.82) is 0 Å². The van der Waals surface area contributed by atoms with E-state index in [0.717, 1.165) is 28.2 Å². The Bertz CT molecular complexity index is 1680. The number of aromatic nitrogens is 2. The third-order valence-corrected chi connectivity index (χ3v) is 8.34. The molecular weight excluding hydrogens is 568 g/mol. The van der Waals surface area contributed by atoms with Crippen molar-refractivity contribution in [2.45, 2.75) is 31.8 Å². The number of amides is 4. The van der Waals surface area contributed by atoms with E-state index in [4.69, 9.17) is 9.51 Å². The van der Waals surface area contributed by atoms with Gasteiger partial charge in [-0.05, 0) is 49.2 Å². The Morgan fingerprint density at radius 1 is 0.907 bits per heavy atom. The van der Waals surface area contributed by atoms with Crippen LogP contribution in [0.3, 0.4) is 0 Å². The van der Waals surface area contributed by atoms with E-state index >= 15 is 0 Å². The van der Waals surface area contributed by atoms with Gasteiger partial charge in [-0.25, -0.2) is 4.98 Å². The summed E-state index contributed by atoms with van der Waals surface area (Å²) in [6.07, 6.45) is 6.34. The third kappa shape index (κ3) is 5.95. The summed E-state index contributed by atoms with van der Waals surface area (Å²) >= 11 is 1.51. The molecule has 0 saturated carbocycles. The van der Waals surface area contributed by atoms with Crippen molar-refractivity contribution in [3.63, 3.8) is 0 Å². The molecule has 0 aliphatic carbocycles. The molecule has 1 saturated heterocycles. The second-order valence-corrected chi connectivity index (χ2v) is 11.1. The first kappa shape index (κ1) is 28.0. The molecule has 2 unspecified atom stereocenters. The van der Waals surface area contributed by atoms with E-state index in [1.54, 1.807) is 29.2 Å². The van der Waals surface area contributed by atoms with E-state index in [1.807, 2.05) is 41.8 Å². The van der Waals surface area contributed by atoms with E-state index in [-0.39, 0.29) is 23.5 Å². The second kappa shape index (κ2) is 12.0. The molecule has 6 rings (SSSR count). The first-order valence-corrected chi connectivity index (χ1v) is 14.7. The Balaban J connectivity index is 1.06. The minimum absolute atomic E-state index is 0.0812. The third-order valence-electron chi connectivity index (χ3n) is 7.45. The number of nitrogens with one attached hydrogen (secondary N) is 2. The molecule has 4 amide bonds. The van der Waals surface area contributed by atoms with Gasteiger partial charge < -0.3 is 25.0 Å². The van der Waals surface area contributed by atoms with Crippen LogP contribution in [-0.4, -0.2) is 68.7 Å². The lowest BCUT2D eigenvalue weighted by Crippen LogP contribution is -2.43. The Labute approximate surface area is 251 Å². The molecule has 0 bridgehead atoms. The van der Waals surface area contributed by atoms with E-state index in [1.165, 1.54) is 35.4 Å². The quantitative estimate of drug-likeness (QED) is 0.301. The number of likely N-dealkylation sites (tertiary alicyclic amines) is 1. The lowest BCUT2D eigenvalue weighted by Gasteiger charge is -2.22. The maximum absolute atomic E-state index is 13.0. The van der Waals surface area contributed by atoms with Crippen molar-refractivity contribution in [3.8, 4) is 21.8 Å². The van der Waals surface area contributed by atoms with Gasteiger partial charge in [0.05, 0.1) is 11.9 Å². The van der Waals surface area contributed by atoms with Crippen molar-refractivity contribution in [1.82, 2.24) is 19.9 Å². The largest absolute Gasteiger partial charge is 0.351 e. The SMILES string of the molecule is CC(=O)N1CCCC1C(=O)Nc1ccc(-c2nc(-c3ccc(NC(=O)C4C=CCN4C(=O)c4ccno4)cc3)cs2)cc1. The standard InChI is InChI=1S/C31H28N6O5S/c1-19(38)36-16-2-4-25(36)28(39)33-23-12-8-21(9-13-23)30-35-24(18-43-30)20-6-10-22(11-7-20)34-29(40)26-5-3-17-37(26)31(41)27-14-15-32-42-27/h3,5-15,18,25-26H,2,4,16-17H2,1H3,(H,33,39)(H,34,40). The Morgan fingerprint density at radius 2 is 1.60 bits per heavy atom. The summed E-state index contributed by atoms with van der Waals surface area (Å²) in [6.45, 7) is 2.41. The minimum Gasteiger partial charge on any atom is -0.351 e. The lowest BCUT2D eigenvalue weighted by atomic mass is 10.1. The first-order valence-electron chi connectivity index (χ1n) is 13.8. The Hall–Kier alpha value is -5.10. The van der Waals surface area contributed by atoms with Crippen molar-refractivity contribution in [2.24, 2.45) is 0 Å². The van der Waals surface area contributed by atoms with Gasteiger partial charge in [0.1, 0.15) is 17.1 Å². The Morgan fingerprint density at radius 3 is 2.28 bits per heavy atom. The fourth-order valence-electron chi connectivity index (χ4n) is 5.24. The summed E-state index contributed by atoms with van der Waals surface area (Å²) in [6, 6.07) is 15.1. The van der Waals surface area contributed by atoms with Crippen LogP contribution in [0.2, 0.25) is 0 Å². The number of benzene rings is 2. The average molecular weight is 597 g/mol. The Kier molecular flexibility index (Phi) is 7.84. The maximum atomic E-state index is 13.0. The zero-order valence-corrected chi connectivity index (χ0v) is 24.0. The molecule has 1 fully saturated rings. The molecule has 11 nitrogen and oxygen atoms in total. The zero-order chi connectivity index (χ0) is 29.9. The first-order chi connectivity index (χ1) is 20.9. The van der Waals surface area contributed by atoms with Crippen molar-refractivity contribution in [3.05, 3.63) is 84.1 Å². The van der Waals surface area contributed by atoms with Gasteiger partial charge in [-0.3, -0.25) is 19.2 Å². The molecule has 2 aliphatic rings. The predicted octanol–water partition coefficient (Wildman–Crippen LogP) is 4.43. The highest BCUT2D eigenvalue weighted by Gasteiger charge is 2.33. The molecule has 43 heavy (non-hydrogen) atoms. The van der Waals surface area contributed by atoms with Crippen LogP contribution in [0, 0.1) is 0 Å². The number of carbonyl (C=O) groups is 4. The number of nitrogens with zero attached hydrogens (tertiary/aromatic N) is 4. The molecule has 218 valence electrons. The number of rotatable bonds is 7. The topological polar surface area (TPSA) is 138 Å². The van der Waals surface area contributed by atoms with Gasteiger partial charge in [0.15, 0.2) is 0 Å². The van der Waals surface area contributed by atoms with Gasteiger partial charge in [0, 0.05) is 54.0 Å². The van der Waals surface area contributed by atoms with E-state index in [0.29, 0.717) is 30.9 Å². The molecule has 4 heterocycles. The number of anilines is 2. The van der Waals surface area contributed by atoms with Crippen molar-refractivity contribution >= 4 is 46.3 Å². The molecular formula is C31H28N6O5S. The van der Waals surface area contributed by atoms with E-state index in [2.05, 4.69) is 15.8 Å². The number of hydrogen-bond acceptors (Lipinski definition) is 8. The van der Waals surface area contributed by atoms with Gasteiger partial charge >= 0.3 is 0 Å². The van der Waals surface area contributed by atoms with Gasteiger partial charge in [0.2, 0.25) is 17.6 Å². The highest BCUT2D eigenvalue weighted by atomic mass is 32.1. The van der Waals surface area contributed by atoms with Gasteiger partial charge in [-0.15, -0.1) is 11.3 Å². The minimum atomic E-state index is -0.754. The zero-order valence-electron chi connectivity index (χ0n) is 23.2.